The van der Waals surface area contributed by atoms with Gasteiger partial charge in [0.25, 0.3) is 0 Å². The lowest BCUT2D eigenvalue weighted by Crippen LogP contribution is -2.05. The summed E-state index contributed by atoms with van der Waals surface area (Å²) in [4.78, 5) is 0. The molecule has 1 fully saturated rings. The predicted molar refractivity (Wildman–Crippen MR) is 46.2 cm³/mol. The van der Waals surface area contributed by atoms with E-state index < -0.39 is 0 Å². The largest absolute Gasteiger partial charge is 0.383 e. The summed E-state index contributed by atoms with van der Waals surface area (Å²) in [5, 5.41) is 0. The summed E-state index contributed by atoms with van der Waals surface area (Å²) in [7, 11) is 1.75. The van der Waals surface area contributed by atoms with E-state index in [1.165, 1.54) is 12.8 Å². The summed E-state index contributed by atoms with van der Waals surface area (Å²) < 4.78 is 5.10. The van der Waals surface area contributed by atoms with Crippen molar-refractivity contribution in [3.8, 4) is 11.8 Å². The molecule has 0 unspecified atom stereocenters. The monoisotopic (exact) mass is 152 g/mol. The lowest BCUT2D eigenvalue weighted by molar-refractivity contribution is 0.165. The quantitative estimate of drug-likeness (QED) is 0.550. The van der Waals surface area contributed by atoms with Gasteiger partial charge in [-0.25, -0.2) is 0 Å². The van der Waals surface area contributed by atoms with Gasteiger partial charge in [0.2, 0.25) is 0 Å². The molecule has 0 amide bonds. The highest BCUT2D eigenvalue weighted by atomic mass is 16.5. The average molecular weight is 152 g/mol. The smallest absolute Gasteiger partial charge is 0.0628 e. The molecule has 62 valence electrons. The molecule has 0 heterocycles. The second-order valence-corrected chi connectivity index (χ2v) is 3.64. The topological polar surface area (TPSA) is 9.23 Å². The van der Waals surface area contributed by atoms with E-state index in [0.29, 0.717) is 5.92 Å². The Morgan fingerprint density at radius 2 is 2.09 bits per heavy atom. The summed E-state index contributed by atoms with van der Waals surface area (Å²) >= 11 is 0. The van der Waals surface area contributed by atoms with Gasteiger partial charge in [0, 0.05) is 13.0 Å². The molecule has 1 aliphatic carbocycles. The molecule has 11 heavy (non-hydrogen) atoms. The van der Waals surface area contributed by atoms with Crippen LogP contribution in [-0.2, 0) is 4.74 Å². The zero-order valence-corrected chi connectivity index (χ0v) is 7.61. The van der Waals surface area contributed by atoms with Crippen molar-refractivity contribution in [2.24, 2.45) is 11.3 Å². The van der Waals surface area contributed by atoms with E-state index in [9.17, 15) is 0 Å². The Morgan fingerprint density at radius 1 is 1.45 bits per heavy atom. The standard InChI is InChI=1S/C10H16O/c1-9(2)4-5-10(6-7-10)8-11-3/h9H,6-8H2,1-3H3. The SMILES string of the molecule is COCC1(C#CC(C)C)CC1. The number of methoxy groups -OCH3 is 1. The van der Waals surface area contributed by atoms with Gasteiger partial charge in [0.1, 0.15) is 0 Å². The minimum atomic E-state index is 0.249. The lowest BCUT2D eigenvalue weighted by Gasteiger charge is -2.04. The van der Waals surface area contributed by atoms with Crippen molar-refractivity contribution < 1.29 is 4.74 Å². The first kappa shape index (κ1) is 8.62. The summed E-state index contributed by atoms with van der Waals surface area (Å²) in [6, 6.07) is 0. The Bertz CT molecular complexity index is 179. The molecule has 0 aromatic carbocycles. The molecule has 1 aliphatic rings. The molecule has 0 N–H and O–H groups in total. The molecule has 1 heteroatoms. The van der Waals surface area contributed by atoms with Gasteiger partial charge < -0.3 is 4.74 Å². The van der Waals surface area contributed by atoms with Crippen molar-refractivity contribution in [2.75, 3.05) is 13.7 Å². The maximum Gasteiger partial charge on any atom is 0.0628 e. The fraction of sp³-hybridized carbons (Fsp3) is 0.800. The molecule has 0 saturated heterocycles. The van der Waals surface area contributed by atoms with E-state index in [1.807, 2.05) is 0 Å². The first-order valence-electron chi connectivity index (χ1n) is 4.20. The Kier molecular flexibility index (Phi) is 2.57. The van der Waals surface area contributed by atoms with Crippen LogP contribution < -0.4 is 0 Å². The van der Waals surface area contributed by atoms with E-state index in [4.69, 9.17) is 4.74 Å². The second kappa shape index (κ2) is 3.28. The molecule has 0 aromatic heterocycles. The fourth-order valence-corrected chi connectivity index (χ4v) is 1.03. The summed E-state index contributed by atoms with van der Waals surface area (Å²) in [5.41, 5.74) is 0.249. The van der Waals surface area contributed by atoms with Crippen molar-refractivity contribution >= 4 is 0 Å². The zero-order chi connectivity index (χ0) is 8.32. The van der Waals surface area contributed by atoms with E-state index in [1.54, 1.807) is 7.11 Å². The zero-order valence-electron chi connectivity index (χ0n) is 7.61. The molecule has 1 saturated carbocycles. The third kappa shape index (κ3) is 2.55. The number of ether oxygens (including phenoxy) is 1. The molecule has 0 spiro atoms. The van der Waals surface area contributed by atoms with Gasteiger partial charge in [-0.05, 0) is 12.8 Å². The first-order valence-corrected chi connectivity index (χ1v) is 4.20. The molecule has 0 atom stereocenters. The average Bonchev–Trinajstić information content (AvgIpc) is 2.67. The van der Waals surface area contributed by atoms with Crippen LogP contribution in [0.1, 0.15) is 26.7 Å². The van der Waals surface area contributed by atoms with E-state index in [0.717, 1.165) is 6.61 Å². The number of rotatable bonds is 2. The highest BCUT2D eigenvalue weighted by Gasteiger charge is 2.40. The molecular formula is C10H16O. The van der Waals surface area contributed by atoms with Crippen molar-refractivity contribution in [3.05, 3.63) is 0 Å². The third-order valence-corrected chi connectivity index (χ3v) is 1.90. The van der Waals surface area contributed by atoms with Gasteiger partial charge in [-0.2, -0.15) is 0 Å². The van der Waals surface area contributed by atoms with E-state index in [2.05, 4.69) is 25.7 Å². The van der Waals surface area contributed by atoms with Crippen LogP contribution in [-0.4, -0.2) is 13.7 Å². The Balaban J connectivity index is 2.42. The van der Waals surface area contributed by atoms with Gasteiger partial charge in [-0.1, -0.05) is 25.7 Å². The third-order valence-electron chi connectivity index (χ3n) is 1.90. The molecule has 0 aromatic rings. The highest BCUT2D eigenvalue weighted by Crippen LogP contribution is 2.45. The number of hydrogen-bond acceptors (Lipinski definition) is 1. The Labute approximate surface area is 69.1 Å². The Morgan fingerprint density at radius 3 is 2.45 bits per heavy atom. The van der Waals surface area contributed by atoms with Crippen molar-refractivity contribution in [2.45, 2.75) is 26.7 Å². The van der Waals surface area contributed by atoms with Gasteiger partial charge >= 0.3 is 0 Å². The van der Waals surface area contributed by atoms with Crippen LogP contribution in [0.3, 0.4) is 0 Å². The highest BCUT2D eigenvalue weighted by molar-refractivity contribution is 5.20. The van der Waals surface area contributed by atoms with Crippen LogP contribution >= 0.6 is 0 Å². The van der Waals surface area contributed by atoms with Crippen LogP contribution in [0.2, 0.25) is 0 Å². The van der Waals surface area contributed by atoms with Crippen molar-refractivity contribution in [1.82, 2.24) is 0 Å². The van der Waals surface area contributed by atoms with Gasteiger partial charge in [0.15, 0.2) is 0 Å². The summed E-state index contributed by atoms with van der Waals surface area (Å²) in [5.74, 6) is 6.99. The maximum atomic E-state index is 5.10. The normalized spacial score (nSPS) is 19.3. The Hall–Kier alpha value is -0.480. The maximum absolute atomic E-state index is 5.10. The van der Waals surface area contributed by atoms with Crippen molar-refractivity contribution in [3.63, 3.8) is 0 Å². The van der Waals surface area contributed by atoms with Gasteiger partial charge in [-0.15, -0.1) is 0 Å². The first-order chi connectivity index (χ1) is 5.18. The van der Waals surface area contributed by atoms with E-state index in [-0.39, 0.29) is 5.41 Å². The van der Waals surface area contributed by atoms with Crippen LogP contribution in [0, 0.1) is 23.2 Å². The molecule has 1 nitrogen and oxygen atoms in total. The molecule has 0 aliphatic heterocycles. The minimum absolute atomic E-state index is 0.249. The number of hydrogen-bond donors (Lipinski definition) is 0. The summed E-state index contributed by atoms with van der Waals surface area (Å²) in [6.07, 6.45) is 2.45. The molecule has 0 bridgehead atoms. The van der Waals surface area contributed by atoms with Crippen LogP contribution in [0.25, 0.3) is 0 Å². The minimum Gasteiger partial charge on any atom is -0.383 e. The van der Waals surface area contributed by atoms with Gasteiger partial charge in [0.05, 0.1) is 12.0 Å². The van der Waals surface area contributed by atoms with Crippen molar-refractivity contribution in [1.29, 1.82) is 0 Å². The van der Waals surface area contributed by atoms with E-state index >= 15 is 0 Å². The lowest BCUT2D eigenvalue weighted by atomic mass is 10.1. The second-order valence-electron chi connectivity index (χ2n) is 3.64. The predicted octanol–water partition coefficient (Wildman–Crippen LogP) is 2.07. The van der Waals surface area contributed by atoms with Crippen LogP contribution in [0.4, 0.5) is 0 Å². The molecule has 1 rings (SSSR count). The van der Waals surface area contributed by atoms with Gasteiger partial charge in [-0.3, -0.25) is 0 Å². The van der Waals surface area contributed by atoms with Crippen LogP contribution in [0.15, 0.2) is 0 Å². The van der Waals surface area contributed by atoms with Crippen LogP contribution in [0.5, 0.6) is 0 Å². The summed E-state index contributed by atoms with van der Waals surface area (Å²) in [6.45, 7) is 5.05. The molecule has 0 radical (unpaired) electrons. The fourth-order valence-electron chi connectivity index (χ4n) is 1.03. The molecular weight excluding hydrogens is 136 g/mol.